The Kier molecular flexibility index (Phi) is 6.36. The van der Waals surface area contributed by atoms with Gasteiger partial charge in [0, 0.05) is 36.9 Å². The molecule has 1 aromatic rings. The van der Waals surface area contributed by atoms with Crippen molar-refractivity contribution in [3.63, 3.8) is 0 Å². The molecule has 2 heterocycles. The number of hydrogen-bond acceptors (Lipinski definition) is 5. The lowest BCUT2D eigenvalue weighted by Crippen LogP contribution is -2.40. The van der Waals surface area contributed by atoms with Crippen LogP contribution >= 0.6 is 0 Å². The Hall–Kier alpha value is -1.66. The van der Waals surface area contributed by atoms with Crippen LogP contribution in [-0.2, 0) is 4.74 Å². The molecular formula is C17H28N4O2. The first-order valence-corrected chi connectivity index (χ1v) is 8.26. The molecule has 0 saturated carbocycles. The zero-order valence-electron chi connectivity index (χ0n) is 14.4. The molecule has 1 saturated heterocycles. The molecule has 0 spiro atoms. The second-order valence-corrected chi connectivity index (χ2v) is 6.87. The fourth-order valence-corrected chi connectivity index (χ4v) is 2.43. The number of amides is 1. The molecule has 23 heavy (non-hydrogen) atoms. The van der Waals surface area contributed by atoms with Gasteiger partial charge in [-0.25, -0.2) is 4.98 Å². The smallest absolute Gasteiger partial charge is 0.251 e. The summed E-state index contributed by atoms with van der Waals surface area (Å²) in [6.07, 6.45) is 2.71. The Morgan fingerprint density at radius 3 is 2.78 bits per heavy atom. The number of nitrogens with zero attached hydrogens (tertiary/aromatic N) is 2. The van der Waals surface area contributed by atoms with Crippen LogP contribution in [0.25, 0.3) is 0 Å². The largest absolute Gasteiger partial charge is 0.379 e. The molecule has 0 radical (unpaired) electrons. The number of carbonyl (C=O) groups is 1. The first kappa shape index (κ1) is 17.7. The van der Waals surface area contributed by atoms with Crippen LogP contribution in [0.1, 0.15) is 37.6 Å². The van der Waals surface area contributed by atoms with Crippen molar-refractivity contribution in [2.24, 2.45) is 0 Å². The van der Waals surface area contributed by atoms with E-state index in [9.17, 15) is 4.79 Å². The van der Waals surface area contributed by atoms with Gasteiger partial charge in [0.05, 0.1) is 13.2 Å². The number of carbonyl (C=O) groups excluding carboxylic acids is 1. The van der Waals surface area contributed by atoms with Crippen LogP contribution in [0.4, 0.5) is 5.82 Å². The van der Waals surface area contributed by atoms with Gasteiger partial charge < -0.3 is 15.4 Å². The number of hydrogen-bond donors (Lipinski definition) is 2. The fourth-order valence-electron chi connectivity index (χ4n) is 2.43. The molecule has 1 amide bonds. The highest BCUT2D eigenvalue weighted by Gasteiger charge is 2.15. The lowest BCUT2D eigenvalue weighted by Gasteiger charge is -2.26. The lowest BCUT2D eigenvalue weighted by atomic mass is 10.1. The van der Waals surface area contributed by atoms with Crippen LogP contribution in [-0.4, -0.2) is 60.7 Å². The van der Waals surface area contributed by atoms with Gasteiger partial charge in [-0.05, 0) is 45.9 Å². The Bertz CT molecular complexity index is 508. The van der Waals surface area contributed by atoms with Crippen molar-refractivity contribution < 1.29 is 9.53 Å². The predicted octanol–water partition coefficient (Wildman–Crippen LogP) is 1.74. The zero-order chi connectivity index (χ0) is 16.7. The summed E-state index contributed by atoms with van der Waals surface area (Å²) in [6, 6.07) is 3.54. The molecule has 2 N–H and O–H groups in total. The van der Waals surface area contributed by atoms with Gasteiger partial charge >= 0.3 is 0 Å². The van der Waals surface area contributed by atoms with E-state index in [1.165, 1.54) is 0 Å². The molecule has 6 nitrogen and oxygen atoms in total. The summed E-state index contributed by atoms with van der Waals surface area (Å²) < 4.78 is 5.34. The first-order chi connectivity index (χ1) is 10.9. The average molecular weight is 320 g/mol. The van der Waals surface area contributed by atoms with Crippen molar-refractivity contribution in [2.45, 2.75) is 32.7 Å². The van der Waals surface area contributed by atoms with Crippen LogP contribution in [0.3, 0.4) is 0 Å². The number of anilines is 1. The summed E-state index contributed by atoms with van der Waals surface area (Å²) in [5.74, 6) is 0.671. The van der Waals surface area contributed by atoms with E-state index in [0.29, 0.717) is 5.56 Å². The molecule has 2 rings (SSSR count). The molecular weight excluding hydrogens is 292 g/mol. The second kappa shape index (κ2) is 8.26. The van der Waals surface area contributed by atoms with Crippen molar-refractivity contribution in [3.05, 3.63) is 23.9 Å². The summed E-state index contributed by atoms with van der Waals surface area (Å²) in [7, 11) is 0. The van der Waals surface area contributed by atoms with E-state index in [-0.39, 0.29) is 11.4 Å². The molecule has 1 aliphatic heterocycles. The van der Waals surface area contributed by atoms with E-state index < -0.39 is 0 Å². The van der Waals surface area contributed by atoms with E-state index in [0.717, 1.165) is 51.6 Å². The number of rotatable bonds is 6. The molecule has 6 heteroatoms. The average Bonchev–Trinajstić information content (AvgIpc) is 2.51. The van der Waals surface area contributed by atoms with Gasteiger partial charge in [0.15, 0.2) is 0 Å². The van der Waals surface area contributed by atoms with Crippen molar-refractivity contribution in [1.82, 2.24) is 15.2 Å². The van der Waals surface area contributed by atoms with E-state index in [1.54, 1.807) is 18.3 Å². The standard InChI is InChI=1S/C17H28N4O2/c1-17(2,3)20-16(22)14-5-7-19-15(13-14)18-6-4-8-21-9-11-23-12-10-21/h5,7,13H,4,6,8-12H2,1-3H3,(H,18,19)(H,20,22). The molecule has 0 atom stereocenters. The van der Waals surface area contributed by atoms with Gasteiger partial charge in [-0.1, -0.05) is 0 Å². The Balaban J connectivity index is 1.77. The van der Waals surface area contributed by atoms with Crippen LogP contribution < -0.4 is 10.6 Å². The Morgan fingerprint density at radius 2 is 2.09 bits per heavy atom. The summed E-state index contributed by atoms with van der Waals surface area (Å²) in [6.45, 7) is 11.5. The monoisotopic (exact) mass is 320 g/mol. The van der Waals surface area contributed by atoms with E-state index in [2.05, 4.69) is 20.5 Å². The van der Waals surface area contributed by atoms with Crippen molar-refractivity contribution in [2.75, 3.05) is 44.7 Å². The van der Waals surface area contributed by atoms with Gasteiger partial charge in [0.25, 0.3) is 5.91 Å². The number of aromatic nitrogens is 1. The van der Waals surface area contributed by atoms with Gasteiger partial charge in [-0.3, -0.25) is 9.69 Å². The minimum atomic E-state index is -0.244. The quantitative estimate of drug-likeness (QED) is 0.782. The molecule has 1 aromatic heterocycles. The second-order valence-electron chi connectivity index (χ2n) is 6.87. The van der Waals surface area contributed by atoms with Crippen molar-refractivity contribution in [3.8, 4) is 0 Å². The first-order valence-electron chi connectivity index (χ1n) is 8.26. The Labute approximate surface area is 138 Å². The van der Waals surface area contributed by atoms with Crippen LogP contribution in [0.15, 0.2) is 18.3 Å². The molecule has 0 aromatic carbocycles. The molecule has 128 valence electrons. The van der Waals surface area contributed by atoms with Gasteiger partial charge in [-0.2, -0.15) is 0 Å². The minimum absolute atomic E-state index is 0.0729. The molecule has 0 aliphatic carbocycles. The maximum absolute atomic E-state index is 12.2. The number of pyridine rings is 1. The van der Waals surface area contributed by atoms with Gasteiger partial charge in [0.1, 0.15) is 5.82 Å². The predicted molar refractivity (Wildman–Crippen MR) is 91.8 cm³/mol. The maximum Gasteiger partial charge on any atom is 0.251 e. The van der Waals surface area contributed by atoms with Crippen molar-refractivity contribution >= 4 is 11.7 Å². The highest BCUT2D eigenvalue weighted by atomic mass is 16.5. The van der Waals surface area contributed by atoms with Crippen molar-refractivity contribution in [1.29, 1.82) is 0 Å². The summed E-state index contributed by atoms with van der Waals surface area (Å²) in [5, 5.41) is 6.25. The Morgan fingerprint density at radius 1 is 1.35 bits per heavy atom. The fraction of sp³-hybridized carbons (Fsp3) is 0.647. The highest BCUT2D eigenvalue weighted by molar-refractivity contribution is 5.95. The third-order valence-corrected chi connectivity index (χ3v) is 3.57. The molecule has 0 unspecified atom stereocenters. The topological polar surface area (TPSA) is 66.5 Å². The van der Waals surface area contributed by atoms with E-state index >= 15 is 0 Å². The SMILES string of the molecule is CC(C)(C)NC(=O)c1ccnc(NCCCN2CCOCC2)c1. The summed E-state index contributed by atoms with van der Waals surface area (Å²) >= 11 is 0. The van der Waals surface area contributed by atoms with E-state index in [1.807, 2.05) is 20.8 Å². The maximum atomic E-state index is 12.2. The van der Waals surface area contributed by atoms with E-state index in [4.69, 9.17) is 4.74 Å². The van der Waals surface area contributed by atoms with Crippen LogP contribution in [0, 0.1) is 0 Å². The number of morpholine rings is 1. The molecule has 0 bridgehead atoms. The minimum Gasteiger partial charge on any atom is -0.379 e. The third kappa shape index (κ3) is 6.54. The zero-order valence-corrected chi connectivity index (χ0v) is 14.4. The van der Waals surface area contributed by atoms with Gasteiger partial charge in [-0.15, -0.1) is 0 Å². The lowest BCUT2D eigenvalue weighted by molar-refractivity contribution is 0.0378. The highest BCUT2D eigenvalue weighted by Crippen LogP contribution is 2.09. The summed E-state index contributed by atoms with van der Waals surface area (Å²) in [5.41, 5.74) is 0.386. The normalized spacial score (nSPS) is 16.1. The van der Waals surface area contributed by atoms with Gasteiger partial charge in [0.2, 0.25) is 0 Å². The van der Waals surface area contributed by atoms with Crippen LogP contribution in [0.2, 0.25) is 0 Å². The summed E-state index contributed by atoms with van der Waals surface area (Å²) in [4.78, 5) is 18.9. The number of nitrogens with one attached hydrogen (secondary N) is 2. The third-order valence-electron chi connectivity index (χ3n) is 3.57. The molecule has 1 fully saturated rings. The number of ether oxygens (including phenoxy) is 1. The van der Waals surface area contributed by atoms with Crippen LogP contribution in [0.5, 0.6) is 0 Å². The molecule has 1 aliphatic rings.